The monoisotopic (exact) mass is 445 g/mol. The van der Waals surface area contributed by atoms with E-state index in [9.17, 15) is 9.59 Å². The van der Waals surface area contributed by atoms with Crippen LogP contribution < -0.4 is 15.4 Å². The average molecular weight is 447 g/mol. The van der Waals surface area contributed by atoms with Crippen LogP contribution in [0.1, 0.15) is 6.92 Å². The second-order valence-corrected chi connectivity index (χ2v) is 7.47. The average Bonchev–Trinajstić information content (AvgIpc) is 2.65. The fourth-order valence-electron chi connectivity index (χ4n) is 2.83. The standard InChI is InChI=1S/C19H13BrClN3O3/c1-19(18(26)24-14-9-10(21)4-7-15(14)27-19)17(25)23-13-6-5-12(20)11-3-2-8-22-16(11)13/h2-9H,1H3,(H,23,25)(H,24,26). The van der Waals surface area contributed by atoms with Gasteiger partial charge in [0.2, 0.25) is 0 Å². The molecule has 1 aromatic heterocycles. The SMILES string of the molecule is CC1(C(=O)Nc2ccc(Br)c3cccnc23)Oc2ccc(Cl)cc2NC1=O. The first kappa shape index (κ1) is 17.8. The normalized spacial score (nSPS) is 18.4. The van der Waals surface area contributed by atoms with Gasteiger partial charge in [-0.25, -0.2) is 0 Å². The number of carbonyl (C=O) groups excluding carboxylic acids is 2. The van der Waals surface area contributed by atoms with Crippen molar-refractivity contribution in [1.29, 1.82) is 0 Å². The Morgan fingerprint density at radius 1 is 1.30 bits per heavy atom. The first-order chi connectivity index (χ1) is 12.9. The number of nitrogens with one attached hydrogen (secondary N) is 2. The summed E-state index contributed by atoms with van der Waals surface area (Å²) >= 11 is 9.40. The van der Waals surface area contributed by atoms with Gasteiger partial charge in [-0.05, 0) is 43.3 Å². The lowest BCUT2D eigenvalue weighted by Crippen LogP contribution is -2.56. The minimum absolute atomic E-state index is 0.371. The molecule has 0 spiro atoms. The van der Waals surface area contributed by atoms with Gasteiger partial charge in [-0.3, -0.25) is 14.6 Å². The second kappa shape index (κ2) is 6.51. The van der Waals surface area contributed by atoms with Gasteiger partial charge in [-0.2, -0.15) is 0 Å². The quantitative estimate of drug-likeness (QED) is 0.573. The van der Waals surface area contributed by atoms with Gasteiger partial charge in [0.05, 0.1) is 16.9 Å². The van der Waals surface area contributed by atoms with E-state index in [0.717, 1.165) is 9.86 Å². The van der Waals surface area contributed by atoms with Crippen molar-refractivity contribution >= 4 is 61.6 Å². The van der Waals surface area contributed by atoms with Crippen LogP contribution in [0.25, 0.3) is 10.9 Å². The number of halogens is 2. The van der Waals surface area contributed by atoms with Crippen LogP contribution in [-0.2, 0) is 9.59 Å². The number of ether oxygens (including phenoxy) is 1. The van der Waals surface area contributed by atoms with E-state index in [1.165, 1.54) is 6.92 Å². The maximum absolute atomic E-state index is 12.9. The van der Waals surface area contributed by atoms with E-state index in [0.29, 0.717) is 27.7 Å². The van der Waals surface area contributed by atoms with E-state index < -0.39 is 17.4 Å². The lowest BCUT2D eigenvalue weighted by molar-refractivity contribution is -0.143. The Bertz CT molecular complexity index is 1100. The number of benzene rings is 2. The Kier molecular flexibility index (Phi) is 4.28. The highest BCUT2D eigenvalue weighted by molar-refractivity contribution is 9.10. The van der Waals surface area contributed by atoms with Gasteiger partial charge in [0.1, 0.15) is 5.75 Å². The largest absolute Gasteiger partial charge is 0.466 e. The lowest BCUT2D eigenvalue weighted by Gasteiger charge is -2.33. The van der Waals surface area contributed by atoms with Crippen LogP contribution in [0.5, 0.6) is 5.75 Å². The zero-order chi connectivity index (χ0) is 19.2. The van der Waals surface area contributed by atoms with E-state index in [4.69, 9.17) is 16.3 Å². The number of aromatic nitrogens is 1. The van der Waals surface area contributed by atoms with Gasteiger partial charge in [-0.15, -0.1) is 0 Å². The number of carbonyl (C=O) groups is 2. The number of pyridine rings is 1. The third kappa shape index (κ3) is 3.02. The summed E-state index contributed by atoms with van der Waals surface area (Å²) < 4.78 is 6.60. The Morgan fingerprint density at radius 3 is 2.93 bits per heavy atom. The van der Waals surface area contributed by atoms with Gasteiger partial charge in [0.25, 0.3) is 17.4 Å². The van der Waals surface area contributed by atoms with Crippen LogP contribution in [0, 0.1) is 0 Å². The smallest absolute Gasteiger partial charge is 0.278 e. The molecular weight excluding hydrogens is 434 g/mol. The zero-order valence-electron chi connectivity index (χ0n) is 14.0. The van der Waals surface area contributed by atoms with E-state index in [1.807, 2.05) is 6.07 Å². The number of amides is 2. The van der Waals surface area contributed by atoms with Gasteiger partial charge in [-0.1, -0.05) is 33.6 Å². The van der Waals surface area contributed by atoms with Gasteiger partial charge < -0.3 is 15.4 Å². The van der Waals surface area contributed by atoms with Crippen molar-refractivity contribution in [3.8, 4) is 5.75 Å². The van der Waals surface area contributed by atoms with Crippen LogP contribution in [0.15, 0.2) is 53.1 Å². The molecule has 2 N–H and O–H groups in total. The van der Waals surface area contributed by atoms with Crippen molar-refractivity contribution in [3.05, 3.63) is 58.2 Å². The van der Waals surface area contributed by atoms with Crippen molar-refractivity contribution in [1.82, 2.24) is 4.98 Å². The fraction of sp³-hybridized carbons (Fsp3) is 0.105. The molecule has 27 heavy (non-hydrogen) atoms. The molecule has 3 aromatic rings. The van der Waals surface area contributed by atoms with Crippen LogP contribution in [-0.4, -0.2) is 22.4 Å². The van der Waals surface area contributed by atoms with Gasteiger partial charge in [0.15, 0.2) is 0 Å². The molecule has 136 valence electrons. The van der Waals surface area contributed by atoms with Crippen LogP contribution in [0.2, 0.25) is 5.02 Å². The van der Waals surface area contributed by atoms with E-state index >= 15 is 0 Å². The van der Waals surface area contributed by atoms with Gasteiger partial charge >= 0.3 is 0 Å². The third-order valence-corrected chi connectivity index (χ3v) is 5.26. The molecule has 0 radical (unpaired) electrons. The molecule has 1 atom stereocenters. The molecule has 0 aliphatic carbocycles. The molecule has 2 aromatic carbocycles. The number of hydrogen-bond donors (Lipinski definition) is 2. The molecule has 0 bridgehead atoms. The second-order valence-electron chi connectivity index (χ2n) is 6.18. The molecule has 0 saturated carbocycles. The molecule has 1 unspecified atom stereocenters. The number of rotatable bonds is 2. The number of nitrogens with zero attached hydrogens (tertiary/aromatic N) is 1. The van der Waals surface area contributed by atoms with Gasteiger partial charge in [0, 0.05) is 21.1 Å². The maximum Gasteiger partial charge on any atom is 0.278 e. The molecule has 1 aliphatic heterocycles. The summed E-state index contributed by atoms with van der Waals surface area (Å²) in [7, 11) is 0. The highest BCUT2D eigenvalue weighted by Crippen LogP contribution is 2.36. The van der Waals surface area contributed by atoms with Crippen molar-refractivity contribution in [2.75, 3.05) is 10.6 Å². The summed E-state index contributed by atoms with van der Waals surface area (Å²) in [5.74, 6) is -0.811. The number of hydrogen-bond acceptors (Lipinski definition) is 4. The number of anilines is 2. The minimum atomic E-state index is -1.74. The van der Waals surface area contributed by atoms with Crippen molar-refractivity contribution in [3.63, 3.8) is 0 Å². The first-order valence-electron chi connectivity index (χ1n) is 8.03. The Hall–Kier alpha value is -2.64. The van der Waals surface area contributed by atoms with E-state index in [-0.39, 0.29) is 0 Å². The van der Waals surface area contributed by atoms with Crippen molar-refractivity contribution < 1.29 is 14.3 Å². The highest BCUT2D eigenvalue weighted by Gasteiger charge is 2.47. The summed E-state index contributed by atoms with van der Waals surface area (Å²) in [5.41, 5.74) is -0.228. The Balaban J connectivity index is 1.68. The van der Waals surface area contributed by atoms with Crippen LogP contribution in [0.4, 0.5) is 11.4 Å². The summed E-state index contributed by atoms with van der Waals surface area (Å²) in [5, 5.41) is 6.73. The van der Waals surface area contributed by atoms with E-state index in [1.54, 1.807) is 42.6 Å². The molecule has 6 nitrogen and oxygen atoms in total. The summed E-state index contributed by atoms with van der Waals surface area (Å²) in [6.45, 7) is 1.42. The molecule has 1 aliphatic rings. The summed E-state index contributed by atoms with van der Waals surface area (Å²) in [6.07, 6.45) is 1.63. The van der Waals surface area contributed by atoms with E-state index in [2.05, 4.69) is 31.5 Å². The molecule has 8 heteroatoms. The first-order valence-corrected chi connectivity index (χ1v) is 9.20. The van der Waals surface area contributed by atoms with Crippen LogP contribution >= 0.6 is 27.5 Å². The molecule has 4 rings (SSSR count). The third-order valence-electron chi connectivity index (χ3n) is 4.34. The topological polar surface area (TPSA) is 80.3 Å². The predicted molar refractivity (Wildman–Crippen MR) is 107 cm³/mol. The van der Waals surface area contributed by atoms with Crippen molar-refractivity contribution in [2.45, 2.75) is 12.5 Å². The van der Waals surface area contributed by atoms with Crippen LogP contribution in [0.3, 0.4) is 0 Å². The molecule has 0 fully saturated rings. The zero-order valence-corrected chi connectivity index (χ0v) is 16.4. The summed E-state index contributed by atoms with van der Waals surface area (Å²) in [6, 6.07) is 12.0. The highest BCUT2D eigenvalue weighted by atomic mass is 79.9. The predicted octanol–water partition coefficient (Wildman–Crippen LogP) is 4.38. The van der Waals surface area contributed by atoms with Crippen molar-refractivity contribution in [2.24, 2.45) is 0 Å². The summed E-state index contributed by atoms with van der Waals surface area (Å²) in [4.78, 5) is 29.8. The fourth-order valence-corrected chi connectivity index (χ4v) is 3.45. The Morgan fingerprint density at radius 2 is 2.11 bits per heavy atom. The maximum atomic E-state index is 12.9. The molecule has 2 amide bonds. The minimum Gasteiger partial charge on any atom is -0.466 e. The molecule has 2 heterocycles. The Labute approximate surface area is 168 Å². The lowest BCUT2D eigenvalue weighted by atomic mass is 10.0. The number of fused-ring (bicyclic) bond motifs is 2. The molecular formula is C19H13BrClN3O3. The molecule has 0 saturated heterocycles.